The zero-order valence-electron chi connectivity index (χ0n) is 12.7. The van der Waals surface area contributed by atoms with Gasteiger partial charge in [0.05, 0.1) is 5.60 Å². The first-order chi connectivity index (χ1) is 10.0. The van der Waals surface area contributed by atoms with Crippen molar-refractivity contribution in [2.24, 2.45) is 0 Å². The van der Waals surface area contributed by atoms with E-state index in [1.807, 2.05) is 31.2 Å². The number of amides is 1. The molecular formula is C17H23NO3. The van der Waals surface area contributed by atoms with E-state index in [0.717, 1.165) is 37.0 Å². The summed E-state index contributed by atoms with van der Waals surface area (Å²) < 4.78 is 5.83. The zero-order chi connectivity index (χ0) is 15.0. The van der Waals surface area contributed by atoms with Gasteiger partial charge in [-0.2, -0.15) is 0 Å². The van der Waals surface area contributed by atoms with Gasteiger partial charge in [-0.1, -0.05) is 38.0 Å². The molecule has 1 aromatic carbocycles. The highest BCUT2D eigenvalue weighted by Gasteiger charge is 2.40. The van der Waals surface area contributed by atoms with Crippen LogP contribution in [0.1, 0.15) is 44.1 Å². The van der Waals surface area contributed by atoms with Crippen LogP contribution < -0.4 is 4.74 Å². The number of hydrogen-bond donors (Lipinski definition) is 1. The Morgan fingerprint density at radius 3 is 2.71 bits per heavy atom. The van der Waals surface area contributed by atoms with Crippen molar-refractivity contribution in [2.75, 3.05) is 13.6 Å². The molecule has 1 heterocycles. The van der Waals surface area contributed by atoms with Crippen molar-refractivity contribution in [1.82, 2.24) is 4.90 Å². The van der Waals surface area contributed by atoms with Crippen molar-refractivity contribution >= 4 is 5.91 Å². The molecular weight excluding hydrogens is 266 g/mol. The minimum Gasteiger partial charge on any atom is -0.480 e. The number of para-hydroxylation sites is 1. The van der Waals surface area contributed by atoms with Gasteiger partial charge in [-0.15, -0.1) is 0 Å². The number of aliphatic hydroxyl groups is 1. The highest BCUT2D eigenvalue weighted by Crippen LogP contribution is 2.38. The highest BCUT2D eigenvalue weighted by atomic mass is 16.5. The number of likely N-dealkylation sites (N-methyl/N-ethyl adjacent to an activating group) is 1. The molecule has 1 saturated carbocycles. The maximum atomic E-state index is 12.6. The van der Waals surface area contributed by atoms with Gasteiger partial charge in [0.2, 0.25) is 0 Å². The first-order valence-corrected chi connectivity index (χ1v) is 7.73. The lowest BCUT2D eigenvalue weighted by Crippen LogP contribution is -2.47. The summed E-state index contributed by atoms with van der Waals surface area (Å²) in [4.78, 5) is 14.3. The largest absolute Gasteiger partial charge is 0.480 e. The summed E-state index contributed by atoms with van der Waals surface area (Å²) in [5.41, 5.74) is 0.378. The highest BCUT2D eigenvalue weighted by molar-refractivity contribution is 5.83. The second kappa shape index (κ2) is 5.34. The van der Waals surface area contributed by atoms with Gasteiger partial charge in [0.1, 0.15) is 5.75 Å². The van der Waals surface area contributed by atoms with Crippen LogP contribution in [-0.2, 0) is 4.79 Å². The van der Waals surface area contributed by atoms with Crippen molar-refractivity contribution in [3.8, 4) is 5.75 Å². The molecule has 2 unspecified atom stereocenters. The summed E-state index contributed by atoms with van der Waals surface area (Å²) in [6.07, 6.45) is 3.18. The van der Waals surface area contributed by atoms with Gasteiger partial charge in [-0.05, 0) is 18.9 Å². The number of hydrogen-bond acceptors (Lipinski definition) is 3. The van der Waals surface area contributed by atoms with Crippen LogP contribution in [0.25, 0.3) is 0 Å². The third kappa shape index (κ3) is 2.64. The van der Waals surface area contributed by atoms with Crippen LogP contribution in [-0.4, -0.2) is 41.2 Å². The number of fused-ring (bicyclic) bond motifs is 1. The van der Waals surface area contributed by atoms with Crippen LogP contribution in [0, 0.1) is 0 Å². The van der Waals surface area contributed by atoms with Gasteiger partial charge < -0.3 is 14.7 Å². The summed E-state index contributed by atoms with van der Waals surface area (Å²) >= 11 is 0. The number of ether oxygens (including phenoxy) is 1. The van der Waals surface area contributed by atoms with Gasteiger partial charge in [-0.3, -0.25) is 4.79 Å². The van der Waals surface area contributed by atoms with Gasteiger partial charge in [-0.25, -0.2) is 0 Å². The molecule has 1 fully saturated rings. The van der Waals surface area contributed by atoms with E-state index in [9.17, 15) is 9.90 Å². The first kappa shape index (κ1) is 14.4. The third-order valence-electron chi connectivity index (χ3n) is 4.80. The fourth-order valence-corrected chi connectivity index (χ4v) is 3.56. The minimum absolute atomic E-state index is 0.0426. The zero-order valence-corrected chi connectivity index (χ0v) is 12.7. The predicted octanol–water partition coefficient (Wildman–Crippen LogP) is 2.31. The Morgan fingerprint density at radius 1 is 1.38 bits per heavy atom. The number of nitrogens with zero attached hydrogens (tertiary/aromatic N) is 1. The van der Waals surface area contributed by atoms with Gasteiger partial charge in [0, 0.05) is 25.1 Å². The van der Waals surface area contributed by atoms with Crippen molar-refractivity contribution in [3.05, 3.63) is 29.8 Å². The molecule has 21 heavy (non-hydrogen) atoms. The van der Waals surface area contributed by atoms with E-state index in [2.05, 4.69) is 0 Å². The van der Waals surface area contributed by atoms with Crippen molar-refractivity contribution in [1.29, 1.82) is 0 Å². The summed E-state index contributed by atoms with van der Waals surface area (Å²) in [7, 11) is 1.76. The van der Waals surface area contributed by atoms with Crippen LogP contribution in [0.2, 0.25) is 0 Å². The lowest BCUT2D eigenvalue weighted by molar-refractivity contribution is -0.140. The molecule has 2 atom stereocenters. The van der Waals surface area contributed by atoms with Crippen LogP contribution >= 0.6 is 0 Å². The second-order valence-electron chi connectivity index (χ2n) is 6.49. The minimum atomic E-state index is -0.709. The second-order valence-corrected chi connectivity index (χ2v) is 6.49. The molecule has 0 saturated heterocycles. The number of carbonyl (C=O) groups is 1. The van der Waals surface area contributed by atoms with Crippen molar-refractivity contribution in [3.63, 3.8) is 0 Å². The van der Waals surface area contributed by atoms with Crippen LogP contribution in [0.4, 0.5) is 0 Å². The van der Waals surface area contributed by atoms with Crippen LogP contribution in [0.15, 0.2) is 24.3 Å². The molecule has 0 spiro atoms. The van der Waals surface area contributed by atoms with Crippen molar-refractivity contribution in [2.45, 2.75) is 50.2 Å². The average Bonchev–Trinajstić information content (AvgIpc) is 3.03. The summed E-state index contributed by atoms with van der Waals surface area (Å²) in [5.74, 6) is 0.810. The summed E-state index contributed by atoms with van der Waals surface area (Å²) in [5, 5.41) is 10.5. The maximum Gasteiger partial charge on any atom is 0.264 e. The molecule has 114 valence electrons. The SMILES string of the molecule is CC1c2ccccc2OC1C(=O)N(C)CC1(O)CCCC1. The van der Waals surface area contributed by atoms with E-state index in [1.54, 1.807) is 11.9 Å². The molecule has 1 amide bonds. The van der Waals surface area contributed by atoms with Gasteiger partial charge in [0.25, 0.3) is 5.91 Å². The molecule has 3 rings (SSSR count). The molecule has 1 aliphatic heterocycles. The lowest BCUT2D eigenvalue weighted by Gasteiger charge is -2.30. The Labute approximate surface area is 125 Å². The van der Waals surface area contributed by atoms with E-state index in [1.165, 1.54) is 0 Å². The maximum absolute atomic E-state index is 12.6. The number of rotatable bonds is 3. The number of carbonyl (C=O) groups excluding carboxylic acids is 1. The van der Waals surface area contributed by atoms with Gasteiger partial charge >= 0.3 is 0 Å². The van der Waals surface area contributed by atoms with Crippen LogP contribution in [0.3, 0.4) is 0 Å². The van der Waals surface area contributed by atoms with E-state index in [0.29, 0.717) is 6.54 Å². The summed E-state index contributed by atoms with van der Waals surface area (Å²) in [6, 6.07) is 7.81. The fourth-order valence-electron chi connectivity index (χ4n) is 3.56. The average molecular weight is 289 g/mol. The van der Waals surface area contributed by atoms with E-state index in [-0.39, 0.29) is 11.8 Å². The Kier molecular flexibility index (Phi) is 3.66. The molecule has 1 aromatic rings. The monoisotopic (exact) mass is 289 g/mol. The Balaban J connectivity index is 1.69. The van der Waals surface area contributed by atoms with Gasteiger partial charge in [0.15, 0.2) is 6.10 Å². The molecule has 1 aliphatic carbocycles. The first-order valence-electron chi connectivity index (χ1n) is 7.73. The quantitative estimate of drug-likeness (QED) is 0.929. The third-order valence-corrected chi connectivity index (χ3v) is 4.80. The van der Waals surface area contributed by atoms with Crippen molar-refractivity contribution < 1.29 is 14.6 Å². The Bertz CT molecular complexity index is 537. The Morgan fingerprint density at radius 2 is 2.05 bits per heavy atom. The molecule has 0 bridgehead atoms. The van der Waals surface area contributed by atoms with Crippen LogP contribution in [0.5, 0.6) is 5.75 Å². The standard InChI is InChI=1S/C17H23NO3/c1-12-13-7-3-4-8-14(13)21-15(12)16(19)18(2)11-17(20)9-5-6-10-17/h3-4,7-8,12,15,20H,5-6,9-11H2,1-2H3. The smallest absolute Gasteiger partial charge is 0.264 e. The lowest BCUT2D eigenvalue weighted by atomic mass is 9.96. The molecule has 0 aromatic heterocycles. The molecule has 4 nitrogen and oxygen atoms in total. The number of benzene rings is 1. The topological polar surface area (TPSA) is 49.8 Å². The molecule has 4 heteroatoms. The Hall–Kier alpha value is -1.55. The normalized spacial score (nSPS) is 26.2. The predicted molar refractivity (Wildman–Crippen MR) is 80.3 cm³/mol. The summed E-state index contributed by atoms with van der Waals surface area (Å²) in [6.45, 7) is 2.42. The molecule has 1 N–H and O–H groups in total. The van der Waals surface area contributed by atoms with E-state index in [4.69, 9.17) is 4.74 Å². The van der Waals surface area contributed by atoms with E-state index >= 15 is 0 Å². The van der Waals surface area contributed by atoms with E-state index < -0.39 is 11.7 Å². The molecule has 0 radical (unpaired) electrons. The molecule has 2 aliphatic rings. The fraction of sp³-hybridized carbons (Fsp3) is 0.588.